The Labute approximate surface area is 208 Å². The molecule has 14 heteroatoms. The van der Waals surface area contributed by atoms with E-state index in [0.29, 0.717) is 4.31 Å². The van der Waals surface area contributed by atoms with Gasteiger partial charge in [-0.25, -0.2) is 13.1 Å². The number of halogens is 3. The van der Waals surface area contributed by atoms with Gasteiger partial charge in [0.2, 0.25) is 11.7 Å². The van der Waals surface area contributed by atoms with E-state index in [9.17, 15) is 36.3 Å². The Hall–Kier alpha value is -4.46. The predicted molar refractivity (Wildman–Crippen MR) is 125 cm³/mol. The van der Waals surface area contributed by atoms with E-state index in [1.165, 1.54) is 42.6 Å². The number of aliphatic hydroxyl groups excluding tert-OH is 1. The first-order chi connectivity index (χ1) is 17.4. The van der Waals surface area contributed by atoms with Crippen LogP contribution in [0.1, 0.15) is 16.8 Å². The molecule has 1 aliphatic rings. The molecule has 2 aromatic carbocycles. The van der Waals surface area contributed by atoms with Crippen LogP contribution in [0.25, 0.3) is 11.8 Å². The standard InChI is InChI=1S/C23H18F3N5O5S/c1-30-21(22(34)17-7-2-3-8-19(17)37(30,35)36)18(32)10-9-16-12-31(29-28-16)13-20(33)27-15-6-4-5-14(11-15)23(24,25)26/h2-12,34H,13H2,1H3,(H,27,33)/b10-9+. The molecule has 0 saturated heterocycles. The molecule has 0 atom stereocenters. The fourth-order valence-electron chi connectivity index (χ4n) is 3.53. The summed E-state index contributed by atoms with van der Waals surface area (Å²) >= 11 is 0. The van der Waals surface area contributed by atoms with E-state index in [2.05, 4.69) is 15.6 Å². The number of carbonyl (C=O) groups excluding carboxylic acids is 2. The number of amides is 1. The van der Waals surface area contributed by atoms with Crippen LogP contribution in [-0.2, 0) is 32.3 Å². The molecule has 2 N–H and O–H groups in total. The number of aliphatic hydroxyl groups is 1. The number of rotatable bonds is 6. The van der Waals surface area contributed by atoms with Crippen molar-refractivity contribution in [3.8, 4) is 0 Å². The third-order valence-corrected chi connectivity index (χ3v) is 7.11. The quantitative estimate of drug-likeness (QED) is 0.465. The van der Waals surface area contributed by atoms with Crippen LogP contribution < -0.4 is 5.32 Å². The third kappa shape index (κ3) is 5.23. The van der Waals surface area contributed by atoms with Crippen LogP contribution in [0.5, 0.6) is 0 Å². The van der Waals surface area contributed by atoms with E-state index in [-0.39, 0.29) is 28.4 Å². The number of benzene rings is 2. The van der Waals surface area contributed by atoms with Gasteiger partial charge in [-0.05, 0) is 42.5 Å². The Morgan fingerprint density at radius 2 is 1.86 bits per heavy atom. The van der Waals surface area contributed by atoms with Gasteiger partial charge in [0.1, 0.15) is 17.9 Å². The van der Waals surface area contributed by atoms with Gasteiger partial charge in [-0.1, -0.05) is 23.4 Å². The van der Waals surface area contributed by atoms with Gasteiger partial charge < -0.3 is 10.4 Å². The van der Waals surface area contributed by atoms with Gasteiger partial charge in [0.05, 0.1) is 16.7 Å². The van der Waals surface area contributed by atoms with E-state index in [1.807, 2.05) is 0 Å². The second-order valence-corrected chi connectivity index (χ2v) is 9.77. The minimum atomic E-state index is -4.56. The Morgan fingerprint density at radius 1 is 1.14 bits per heavy atom. The zero-order chi connectivity index (χ0) is 27.0. The van der Waals surface area contributed by atoms with Crippen molar-refractivity contribution in [2.45, 2.75) is 17.6 Å². The SMILES string of the molecule is CN1C(C(=O)/C=C/c2cn(CC(=O)Nc3cccc(C(F)(F)F)c3)nn2)=C(O)c2ccccc2S1(=O)=O. The van der Waals surface area contributed by atoms with E-state index in [0.717, 1.165) is 36.0 Å². The highest BCUT2D eigenvalue weighted by molar-refractivity contribution is 7.89. The lowest BCUT2D eigenvalue weighted by molar-refractivity contribution is -0.137. The third-order valence-electron chi connectivity index (χ3n) is 5.29. The maximum absolute atomic E-state index is 12.8. The van der Waals surface area contributed by atoms with Crippen LogP contribution in [-0.4, -0.2) is 51.6 Å². The van der Waals surface area contributed by atoms with Crippen molar-refractivity contribution in [1.82, 2.24) is 19.3 Å². The van der Waals surface area contributed by atoms with Gasteiger partial charge >= 0.3 is 6.18 Å². The van der Waals surface area contributed by atoms with E-state index >= 15 is 0 Å². The lowest BCUT2D eigenvalue weighted by atomic mass is 10.1. The van der Waals surface area contributed by atoms with E-state index in [4.69, 9.17) is 0 Å². The van der Waals surface area contributed by atoms with Crippen molar-refractivity contribution in [1.29, 1.82) is 0 Å². The summed E-state index contributed by atoms with van der Waals surface area (Å²) in [6.07, 6.45) is -1.07. The second-order valence-electron chi connectivity index (χ2n) is 7.83. The van der Waals surface area contributed by atoms with Gasteiger partial charge in [0.25, 0.3) is 10.0 Å². The normalized spacial score (nSPS) is 15.1. The number of carbonyl (C=O) groups is 2. The maximum Gasteiger partial charge on any atom is 0.416 e. The fourth-order valence-corrected chi connectivity index (χ4v) is 4.94. The van der Waals surface area contributed by atoms with Gasteiger partial charge in [-0.2, -0.15) is 13.2 Å². The molecule has 0 unspecified atom stereocenters. The topological polar surface area (TPSA) is 134 Å². The summed E-state index contributed by atoms with van der Waals surface area (Å²) in [6.45, 7) is -0.380. The fraction of sp³-hybridized carbons (Fsp3) is 0.130. The highest BCUT2D eigenvalue weighted by Gasteiger charge is 2.36. The number of sulfonamides is 1. The number of nitrogens with zero attached hydrogens (tertiary/aromatic N) is 4. The molecule has 1 aliphatic heterocycles. The first kappa shape index (κ1) is 25.6. The monoisotopic (exact) mass is 533 g/mol. The summed E-state index contributed by atoms with van der Waals surface area (Å²) in [4.78, 5) is 24.8. The van der Waals surface area contributed by atoms with Crippen molar-refractivity contribution < 1.29 is 36.3 Å². The molecule has 10 nitrogen and oxygen atoms in total. The molecule has 192 valence electrons. The number of allylic oxidation sites excluding steroid dienone is 1. The predicted octanol–water partition coefficient (Wildman–Crippen LogP) is 3.08. The van der Waals surface area contributed by atoms with E-state index < -0.39 is 44.9 Å². The summed E-state index contributed by atoms with van der Waals surface area (Å²) in [5, 5.41) is 20.4. The lowest BCUT2D eigenvalue weighted by Crippen LogP contribution is -2.34. The second kappa shape index (κ2) is 9.54. The summed E-state index contributed by atoms with van der Waals surface area (Å²) in [5.41, 5.74) is -1.30. The van der Waals surface area contributed by atoms with Gasteiger partial charge in [-0.15, -0.1) is 5.10 Å². The Kier molecular flexibility index (Phi) is 6.61. The molecule has 0 spiro atoms. The molecule has 1 aromatic heterocycles. The van der Waals surface area contributed by atoms with Crippen molar-refractivity contribution >= 4 is 39.2 Å². The number of alkyl halides is 3. The summed E-state index contributed by atoms with van der Waals surface area (Å²) < 4.78 is 65.7. The molecule has 2 heterocycles. The summed E-state index contributed by atoms with van der Waals surface area (Å²) in [5.74, 6) is -1.99. The number of likely N-dealkylation sites (N-methyl/N-ethyl adjacent to an activating group) is 1. The van der Waals surface area contributed by atoms with Crippen LogP contribution in [0.3, 0.4) is 0 Å². The number of hydrogen-bond acceptors (Lipinski definition) is 7. The number of aromatic nitrogens is 3. The number of fused-ring (bicyclic) bond motifs is 1. The maximum atomic E-state index is 12.8. The van der Waals surface area contributed by atoms with Crippen LogP contribution in [0.2, 0.25) is 0 Å². The Morgan fingerprint density at radius 3 is 2.59 bits per heavy atom. The van der Waals surface area contributed by atoms with Gasteiger partial charge in [0, 0.05) is 18.3 Å². The summed E-state index contributed by atoms with van der Waals surface area (Å²) in [7, 11) is -2.91. The average molecular weight is 533 g/mol. The van der Waals surface area contributed by atoms with Crippen molar-refractivity contribution in [2.75, 3.05) is 12.4 Å². The van der Waals surface area contributed by atoms with Gasteiger partial charge in [-0.3, -0.25) is 13.9 Å². The van der Waals surface area contributed by atoms with Crippen LogP contribution in [0.15, 0.2) is 71.4 Å². The van der Waals surface area contributed by atoms with Crippen LogP contribution >= 0.6 is 0 Å². The number of hydrogen-bond donors (Lipinski definition) is 2. The molecule has 0 bridgehead atoms. The largest absolute Gasteiger partial charge is 0.505 e. The number of anilines is 1. The number of ketones is 1. The molecule has 0 aliphatic carbocycles. The van der Waals surface area contributed by atoms with E-state index in [1.54, 1.807) is 0 Å². The zero-order valence-electron chi connectivity index (χ0n) is 19.0. The molecular weight excluding hydrogens is 515 g/mol. The number of nitrogens with one attached hydrogen (secondary N) is 1. The van der Waals surface area contributed by atoms with Crippen LogP contribution in [0, 0.1) is 0 Å². The van der Waals surface area contributed by atoms with Crippen molar-refractivity contribution in [2.24, 2.45) is 0 Å². The molecule has 37 heavy (non-hydrogen) atoms. The first-order valence-corrected chi connectivity index (χ1v) is 11.9. The molecule has 3 aromatic rings. The highest BCUT2D eigenvalue weighted by atomic mass is 32.2. The first-order valence-electron chi connectivity index (χ1n) is 10.5. The smallest absolute Gasteiger partial charge is 0.416 e. The van der Waals surface area contributed by atoms with Crippen molar-refractivity contribution in [3.63, 3.8) is 0 Å². The minimum Gasteiger partial charge on any atom is -0.505 e. The molecule has 0 saturated carbocycles. The highest BCUT2D eigenvalue weighted by Crippen LogP contribution is 2.35. The molecule has 4 rings (SSSR count). The Balaban J connectivity index is 1.46. The molecule has 1 amide bonds. The average Bonchev–Trinajstić information content (AvgIpc) is 3.28. The Bertz CT molecular complexity index is 1560. The van der Waals surface area contributed by atoms with Crippen LogP contribution in [0.4, 0.5) is 18.9 Å². The molecule has 0 fully saturated rings. The lowest BCUT2D eigenvalue weighted by Gasteiger charge is -2.27. The van der Waals surface area contributed by atoms with Crippen molar-refractivity contribution in [3.05, 3.63) is 83.3 Å². The molecular formula is C23H18F3N5O5S. The van der Waals surface area contributed by atoms with Gasteiger partial charge in [0.15, 0.2) is 5.76 Å². The minimum absolute atomic E-state index is 0.00456. The summed E-state index contributed by atoms with van der Waals surface area (Å²) in [6, 6.07) is 9.85. The zero-order valence-corrected chi connectivity index (χ0v) is 19.8. The molecule has 0 radical (unpaired) electrons.